The highest BCUT2D eigenvalue weighted by atomic mass is 19.1. The zero-order chi connectivity index (χ0) is 11.1. The molecule has 1 saturated carbocycles. The van der Waals surface area contributed by atoms with Crippen LogP contribution in [-0.2, 0) is 11.2 Å². The highest BCUT2D eigenvalue weighted by Gasteiger charge is 2.45. The van der Waals surface area contributed by atoms with Crippen LogP contribution in [0.5, 0.6) is 0 Å². The first kappa shape index (κ1) is 10.3. The van der Waals surface area contributed by atoms with E-state index in [1.165, 1.54) is 12.1 Å². The van der Waals surface area contributed by atoms with Gasteiger partial charge in [-0.05, 0) is 43.0 Å². The van der Waals surface area contributed by atoms with Gasteiger partial charge in [0.1, 0.15) is 5.82 Å². The normalized spacial score (nSPS) is 17.5. The lowest BCUT2D eigenvalue weighted by molar-refractivity contribution is -0.120. The Morgan fingerprint density at radius 3 is 2.73 bits per heavy atom. The predicted octanol–water partition coefficient (Wildman–Crippen LogP) is 1.74. The molecule has 1 aromatic rings. The molecule has 0 saturated heterocycles. The topological polar surface area (TPSA) is 43.1 Å². The van der Waals surface area contributed by atoms with E-state index in [2.05, 4.69) is 0 Å². The summed E-state index contributed by atoms with van der Waals surface area (Å²) >= 11 is 0. The molecule has 0 radical (unpaired) electrons. The smallest absolute Gasteiger partial charge is 0.157 e. The number of benzene rings is 1. The maximum atomic E-state index is 12.8. The number of carbonyl (C=O) groups is 1. The van der Waals surface area contributed by atoms with Crippen molar-refractivity contribution in [2.45, 2.75) is 31.7 Å². The van der Waals surface area contributed by atoms with Gasteiger partial charge in [-0.3, -0.25) is 4.79 Å². The third kappa shape index (κ3) is 2.07. The lowest BCUT2D eigenvalue weighted by Crippen LogP contribution is -2.34. The van der Waals surface area contributed by atoms with Gasteiger partial charge >= 0.3 is 0 Å². The fraction of sp³-hybridized carbons (Fsp3) is 0.417. The van der Waals surface area contributed by atoms with Crippen molar-refractivity contribution in [3.8, 4) is 0 Å². The first-order valence-corrected chi connectivity index (χ1v) is 5.08. The number of aryl methyl sites for hydroxylation is 1. The fourth-order valence-corrected chi connectivity index (χ4v) is 1.62. The highest BCUT2D eigenvalue weighted by Crippen LogP contribution is 2.34. The molecule has 15 heavy (non-hydrogen) atoms. The van der Waals surface area contributed by atoms with Gasteiger partial charge in [0.25, 0.3) is 0 Å². The lowest BCUT2D eigenvalue weighted by atomic mass is 9.99. The molecule has 3 heteroatoms. The van der Waals surface area contributed by atoms with Crippen LogP contribution < -0.4 is 5.73 Å². The van der Waals surface area contributed by atoms with E-state index in [-0.39, 0.29) is 11.6 Å². The van der Waals surface area contributed by atoms with Crippen molar-refractivity contribution < 1.29 is 9.18 Å². The van der Waals surface area contributed by atoms with Crippen LogP contribution >= 0.6 is 0 Å². The van der Waals surface area contributed by atoms with Crippen molar-refractivity contribution in [3.05, 3.63) is 35.1 Å². The first-order valence-electron chi connectivity index (χ1n) is 5.08. The zero-order valence-electron chi connectivity index (χ0n) is 8.72. The zero-order valence-corrected chi connectivity index (χ0v) is 8.72. The summed E-state index contributed by atoms with van der Waals surface area (Å²) in [5.74, 6) is -0.199. The summed E-state index contributed by atoms with van der Waals surface area (Å²) in [6.07, 6.45) is 1.89. The van der Waals surface area contributed by atoms with Crippen LogP contribution in [0.3, 0.4) is 0 Å². The van der Waals surface area contributed by atoms with Crippen LogP contribution in [0.1, 0.15) is 24.0 Å². The van der Waals surface area contributed by atoms with Gasteiger partial charge in [0.05, 0.1) is 5.54 Å². The van der Waals surface area contributed by atoms with Gasteiger partial charge in [0.2, 0.25) is 0 Å². The number of hydrogen-bond acceptors (Lipinski definition) is 2. The molecule has 0 heterocycles. The van der Waals surface area contributed by atoms with E-state index in [4.69, 9.17) is 5.73 Å². The third-order valence-electron chi connectivity index (χ3n) is 3.00. The number of nitrogens with two attached hydrogens (primary N) is 1. The molecule has 2 rings (SSSR count). The van der Waals surface area contributed by atoms with Crippen LogP contribution in [0.15, 0.2) is 18.2 Å². The Balaban J connectivity index is 2.14. The average molecular weight is 207 g/mol. The summed E-state index contributed by atoms with van der Waals surface area (Å²) in [5.41, 5.74) is 6.90. The molecule has 0 spiro atoms. The molecular formula is C12H14FNO. The van der Waals surface area contributed by atoms with Crippen molar-refractivity contribution >= 4 is 5.78 Å². The SMILES string of the molecule is Cc1cc(F)ccc1CC(=O)C1(N)CC1. The number of Topliss-reactive ketones (excluding diaryl/α,β-unsaturated/α-hetero) is 1. The number of hydrogen-bond donors (Lipinski definition) is 1. The molecule has 0 amide bonds. The summed E-state index contributed by atoms with van der Waals surface area (Å²) in [7, 11) is 0. The van der Waals surface area contributed by atoms with Gasteiger partial charge < -0.3 is 5.73 Å². The lowest BCUT2D eigenvalue weighted by Gasteiger charge is -2.09. The molecule has 0 bridgehead atoms. The Morgan fingerprint density at radius 2 is 2.20 bits per heavy atom. The van der Waals surface area contributed by atoms with Crippen LogP contribution in [-0.4, -0.2) is 11.3 Å². The number of ketones is 1. The van der Waals surface area contributed by atoms with Crippen molar-refractivity contribution in [1.29, 1.82) is 0 Å². The fourth-order valence-electron chi connectivity index (χ4n) is 1.62. The Bertz CT molecular complexity index is 410. The quantitative estimate of drug-likeness (QED) is 0.820. The van der Waals surface area contributed by atoms with E-state index in [0.717, 1.165) is 24.0 Å². The number of rotatable bonds is 3. The molecule has 80 valence electrons. The summed E-state index contributed by atoms with van der Waals surface area (Å²) in [4.78, 5) is 11.7. The van der Waals surface area contributed by atoms with E-state index in [9.17, 15) is 9.18 Å². The molecule has 0 unspecified atom stereocenters. The van der Waals surface area contributed by atoms with Crippen LogP contribution in [0.25, 0.3) is 0 Å². The average Bonchev–Trinajstić information content (AvgIpc) is 2.90. The monoisotopic (exact) mass is 207 g/mol. The van der Waals surface area contributed by atoms with Crippen LogP contribution in [0.2, 0.25) is 0 Å². The molecule has 0 aliphatic heterocycles. The summed E-state index contributed by atoms with van der Waals surface area (Å²) in [6.45, 7) is 1.81. The Kier molecular flexibility index (Phi) is 2.35. The van der Waals surface area contributed by atoms with Crippen molar-refractivity contribution in [2.24, 2.45) is 5.73 Å². The van der Waals surface area contributed by atoms with Crippen molar-refractivity contribution in [1.82, 2.24) is 0 Å². The van der Waals surface area contributed by atoms with Crippen LogP contribution in [0, 0.1) is 12.7 Å². The Morgan fingerprint density at radius 1 is 1.53 bits per heavy atom. The van der Waals surface area contributed by atoms with Gasteiger partial charge in [-0.2, -0.15) is 0 Å². The molecule has 1 aliphatic rings. The molecule has 1 aliphatic carbocycles. The minimum atomic E-state index is -0.583. The second-order valence-corrected chi connectivity index (χ2v) is 4.33. The molecule has 2 nitrogen and oxygen atoms in total. The van der Waals surface area contributed by atoms with Gasteiger partial charge in [-0.1, -0.05) is 6.07 Å². The standard InChI is InChI=1S/C12H14FNO/c1-8-6-10(13)3-2-9(8)7-11(15)12(14)4-5-12/h2-3,6H,4-5,7,14H2,1H3. The van der Waals surface area contributed by atoms with Gasteiger partial charge in [-0.25, -0.2) is 4.39 Å². The third-order valence-corrected chi connectivity index (χ3v) is 3.00. The second-order valence-electron chi connectivity index (χ2n) is 4.33. The van der Waals surface area contributed by atoms with Gasteiger partial charge in [0.15, 0.2) is 5.78 Å². The molecule has 1 fully saturated rings. The first-order chi connectivity index (χ1) is 7.01. The molecule has 1 aromatic carbocycles. The van der Waals surface area contributed by atoms with Gasteiger partial charge in [0, 0.05) is 6.42 Å². The van der Waals surface area contributed by atoms with Crippen molar-refractivity contribution in [2.75, 3.05) is 0 Å². The van der Waals surface area contributed by atoms with Crippen LogP contribution in [0.4, 0.5) is 4.39 Å². The summed E-state index contributed by atoms with van der Waals surface area (Å²) in [6, 6.07) is 4.48. The number of carbonyl (C=O) groups excluding carboxylic acids is 1. The van der Waals surface area contributed by atoms with E-state index >= 15 is 0 Å². The minimum Gasteiger partial charge on any atom is -0.319 e. The van der Waals surface area contributed by atoms with E-state index in [1.807, 2.05) is 6.92 Å². The maximum absolute atomic E-state index is 12.8. The predicted molar refractivity (Wildman–Crippen MR) is 56.0 cm³/mol. The van der Waals surface area contributed by atoms with E-state index in [1.54, 1.807) is 6.07 Å². The highest BCUT2D eigenvalue weighted by molar-refractivity contribution is 5.92. The summed E-state index contributed by atoms with van der Waals surface area (Å²) < 4.78 is 12.8. The van der Waals surface area contributed by atoms with Gasteiger partial charge in [-0.15, -0.1) is 0 Å². The maximum Gasteiger partial charge on any atom is 0.157 e. The minimum absolute atomic E-state index is 0.0669. The Labute approximate surface area is 88.3 Å². The molecule has 0 aromatic heterocycles. The molecular weight excluding hydrogens is 193 g/mol. The molecule has 2 N–H and O–H groups in total. The van der Waals surface area contributed by atoms with E-state index in [0.29, 0.717) is 6.42 Å². The number of halogens is 1. The van der Waals surface area contributed by atoms with E-state index < -0.39 is 5.54 Å². The molecule has 0 atom stereocenters. The van der Waals surface area contributed by atoms with Crippen molar-refractivity contribution in [3.63, 3.8) is 0 Å². The summed E-state index contributed by atoms with van der Waals surface area (Å²) in [5, 5.41) is 0. The second kappa shape index (κ2) is 3.42. The largest absolute Gasteiger partial charge is 0.319 e. The Hall–Kier alpha value is -1.22.